The van der Waals surface area contributed by atoms with Gasteiger partial charge in [-0.05, 0) is 91.0 Å². The molecule has 0 saturated carbocycles. The van der Waals surface area contributed by atoms with Crippen LogP contribution in [0.15, 0.2) is 65.4 Å². The van der Waals surface area contributed by atoms with Crippen molar-refractivity contribution in [2.45, 2.75) is 58.3 Å². The maximum atomic E-state index is 12.3. The summed E-state index contributed by atoms with van der Waals surface area (Å²) in [7, 11) is 3.34. The molecule has 11 heteroatoms. The Kier molecular flexibility index (Phi) is 9.29. The van der Waals surface area contributed by atoms with E-state index >= 15 is 0 Å². The van der Waals surface area contributed by atoms with Gasteiger partial charge >= 0.3 is 6.09 Å². The maximum absolute atomic E-state index is 12.3. The Morgan fingerprint density at radius 1 is 0.977 bits per heavy atom. The number of hydrogen-bond acceptors (Lipinski definition) is 8. The van der Waals surface area contributed by atoms with Gasteiger partial charge in [-0.3, -0.25) is 0 Å². The quantitative estimate of drug-likeness (QED) is 0.229. The molecule has 10 nitrogen and oxygen atoms in total. The Bertz CT molecular complexity index is 1480. The van der Waals surface area contributed by atoms with E-state index in [0.717, 1.165) is 70.2 Å². The molecule has 4 aromatic rings. The number of nitrogens with zero attached hydrogens (tertiary/aromatic N) is 5. The second-order valence-electron chi connectivity index (χ2n) is 11.7. The van der Waals surface area contributed by atoms with Crippen molar-refractivity contribution >= 4 is 39.2 Å². The number of rotatable bonds is 9. The zero-order valence-electron chi connectivity index (χ0n) is 25.3. The van der Waals surface area contributed by atoms with E-state index in [1.54, 1.807) is 20.5 Å². The molecule has 5 rings (SSSR count). The number of fused-ring (bicyclic) bond motifs is 1. The lowest BCUT2D eigenvalue weighted by molar-refractivity contribution is 0.0497. The number of alkyl carbamates (subject to hydrolysis) is 1. The smallest absolute Gasteiger partial charge is 0.407 e. The molecule has 228 valence electrons. The van der Waals surface area contributed by atoms with Crippen molar-refractivity contribution in [1.82, 2.24) is 19.9 Å². The van der Waals surface area contributed by atoms with Gasteiger partial charge in [-0.15, -0.1) is 0 Å². The number of amides is 1. The number of anilines is 2. The van der Waals surface area contributed by atoms with Crippen LogP contribution < -0.4 is 24.6 Å². The first kappa shape index (κ1) is 30.5. The first-order valence-corrected chi connectivity index (χ1v) is 15.2. The van der Waals surface area contributed by atoms with Gasteiger partial charge in [0.2, 0.25) is 0 Å². The molecule has 0 bridgehead atoms. The second kappa shape index (κ2) is 13.1. The first-order chi connectivity index (χ1) is 20.6. The fourth-order valence-electron chi connectivity index (χ4n) is 5.26. The number of aromatic nitrogens is 3. The van der Waals surface area contributed by atoms with Gasteiger partial charge in [-0.2, -0.15) is 5.10 Å². The molecule has 0 aliphatic carbocycles. The Balaban J connectivity index is 1.40. The lowest BCUT2D eigenvalue weighted by Crippen LogP contribution is -2.46. The Morgan fingerprint density at radius 2 is 1.53 bits per heavy atom. The molecular formula is C32H39BrN6O4. The van der Waals surface area contributed by atoms with Gasteiger partial charge in [-0.1, -0.05) is 24.3 Å². The van der Waals surface area contributed by atoms with Crippen LogP contribution in [0.2, 0.25) is 0 Å². The van der Waals surface area contributed by atoms with Crippen molar-refractivity contribution in [3.8, 4) is 11.5 Å². The molecule has 0 spiro atoms. The maximum Gasteiger partial charge on any atom is 0.407 e. The highest BCUT2D eigenvalue weighted by atomic mass is 79.9. The molecule has 1 amide bonds. The highest BCUT2D eigenvalue weighted by Gasteiger charge is 2.27. The van der Waals surface area contributed by atoms with Crippen molar-refractivity contribution in [3.63, 3.8) is 0 Å². The molecule has 3 heterocycles. The number of piperidine rings is 1. The van der Waals surface area contributed by atoms with E-state index in [-0.39, 0.29) is 12.1 Å². The summed E-state index contributed by atoms with van der Waals surface area (Å²) in [6, 6.07) is 18.4. The normalized spacial score (nSPS) is 14.0. The van der Waals surface area contributed by atoms with Crippen LogP contribution in [0.1, 0.15) is 44.7 Å². The Hall–Kier alpha value is -3.99. The summed E-state index contributed by atoms with van der Waals surface area (Å²) in [6.07, 6.45) is 2.86. The molecular weight excluding hydrogens is 612 g/mol. The molecule has 2 aromatic heterocycles. The van der Waals surface area contributed by atoms with Crippen molar-refractivity contribution in [2.24, 2.45) is 0 Å². The van der Waals surface area contributed by atoms with E-state index in [9.17, 15) is 4.79 Å². The molecule has 1 aliphatic heterocycles. The molecule has 43 heavy (non-hydrogen) atoms. The van der Waals surface area contributed by atoms with E-state index in [1.165, 1.54) is 0 Å². The third-order valence-corrected chi connectivity index (χ3v) is 7.98. The average Bonchev–Trinajstić information content (AvgIpc) is 3.33. The van der Waals surface area contributed by atoms with Gasteiger partial charge in [0.15, 0.2) is 5.82 Å². The third kappa shape index (κ3) is 7.51. The van der Waals surface area contributed by atoms with Crippen LogP contribution in [0.4, 0.5) is 16.4 Å². The van der Waals surface area contributed by atoms with E-state index in [4.69, 9.17) is 19.2 Å². The first-order valence-electron chi connectivity index (χ1n) is 14.4. The van der Waals surface area contributed by atoms with Crippen molar-refractivity contribution in [3.05, 3.63) is 76.5 Å². The summed E-state index contributed by atoms with van der Waals surface area (Å²) >= 11 is 3.82. The lowest BCUT2D eigenvalue weighted by atomic mass is 10.1. The van der Waals surface area contributed by atoms with Gasteiger partial charge in [0, 0.05) is 32.2 Å². The number of carbonyl (C=O) groups excluding carboxylic acids is 1. The predicted octanol–water partition coefficient (Wildman–Crippen LogP) is 6.21. The number of carbonyl (C=O) groups is 1. The molecule has 1 aliphatic rings. The van der Waals surface area contributed by atoms with Crippen molar-refractivity contribution < 1.29 is 19.0 Å². The van der Waals surface area contributed by atoms with Gasteiger partial charge < -0.3 is 29.3 Å². The van der Waals surface area contributed by atoms with E-state index < -0.39 is 5.60 Å². The van der Waals surface area contributed by atoms with E-state index in [0.29, 0.717) is 13.1 Å². The van der Waals surface area contributed by atoms with Gasteiger partial charge in [0.1, 0.15) is 34.8 Å². The van der Waals surface area contributed by atoms with Crippen LogP contribution in [-0.2, 0) is 17.8 Å². The number of benzene rings is 2. The summed E-state index contributed by atoms with van der Waals surface area (Å²) in [5.41, 5.74) is 2.64. The number of methoxy groups -OCH3 is 2. The topological polar surface area (TPSA) is 93.5 Å². The zero-order valence-corrected chi connectivity index (χ0v) is 26.9. The largest absolute Gasteiger partial charge is 0.497 e. The molecule has 1 saturated heterocycles. The highest BCUT2D eigenvalue weighted by molar-refractivity contribution is 9.10. The minimum atomic E-state index is -0.520. The minimum absolute atomic E-state index is 0.0652. The fraction of sp³-hybridized carbons (Fsp3) is 0.406. The molecule has 0 unspecified atom stereocenters. The van der Waals surface area contributed by atoms with Crippen molar-refractivity contribution in [1.29, 1.82) is 0 Å². The summed E-state index contributed by atoms with van der Waals surface area (Å²) in [5, 5.41) is 7.69. The molecule has 2 aromatic carbocycles. The standard InChI is InChI=1S/C32H39BrN6O4/c1-32(2,3)43-31(40)36-24-14-16-37(17-15-24)28-18-27(33)29-30(34-21-35-39(28)29)38(19-22-6-10-25(41-4)11-7-22)20-23-8-12-26(42-5)13-9-23/h6-13,18,21,24H,14-17,19-20H2,1-5H3,(H,36,40). The second-order valence-corrected chi connectivity index (χ2v) is 12.5. The zero-order chi connectivity index (χ0) is 30.6. The van der Waals surface area contributed by atoms with Gasteiger partial charge in [-0.25, -0.2) is 14.3 Å². The number of hydrogen-bond donors (Lipinski definition) is 1. The number of halogens is 1. The van der Waals surface area contributed by atoms with Crippen LogP contribution in [0, 0.1) is 0 Å². The summed E-state index contributed by atoms with van der Waals surface area (Å²) in [6.45, 7) is 8.44. The lowest BCUT2D eigenvalue weighted by Gasteiger charge is -2.33. The molecule has 1 fully saturated rings. The van der Waals surface area contributed by atoms with Crippen LogP contribution in [0.5, 0.6) is 11.5 Å². The molecule has 0 atom stereocenters. The van der Waals surface area contributed by atoms with Crippen molar-refractivity contribution in [2.75, 3.05) is 37.1 Å². The van der Waals surface area contributed by atoms with E-state index in [1.807, 2.05) is 49.6 Å². The van der Waals surface area contributed by atoms with Crippen LogP contribution in [0.3, 0.4) is 0 Å². The minimum Gasteiger partial charge on any atom is -0.497 e. The summed E-state index contributed by atoms with van der Waals surface area (Å²) in [4.78, 5) is 21.6. The average molecular weight is 652 g/mol. The molecule has 1 N–H and O–H groups in total. The SMILES string of the molecule is COc1ccc(CN(Cc2ccc(OC)cc2)c2ncnn3c(N4CCC(NC(=O)OC(C)(C)C)CC4)cc(Br)c23)cc1. The van der Waals surface area contributed by atoms with Crippen LogP contribution in [-0.4, -0.2) is 59.6 Å². The fourth-order valence-corrected chi connectivity index (χ4v) is 5.81. The summed E-state index contributed by atoms with van der Waals surface area (Å²) < 4.78 is 19.1. The van der Waals surface area contributed by atoms with Gasteiger partial charge in [0.25, 0.3) is 0 Å². The predicted molar refractivity (Wildman–Crippen MR) is 171 cm³/mol. The highest BCUT2D eigenvalue weighted by Crippen LogP contribution is 2.35. The monoisotopic (exact) mass is 650 g/mol. The van der Waals surface area contributed by atoms with Gasteiger partial charge in [0.05, 0.1) is 18.7 Å². The third-order valence-electron chi connectivity index (χ3n) is 7.37. The Labute approximate surface area is 261 Å². The van der Waals surface area contributed by atoms with Crippen LogP contribution >= 0.6 is 15.9 Å². The summed E-state index contributed by atoms with van der Waals surface area (Å²) in [5.74, 6) is 3.44. The Morgan fingerprint density at radius 3 is 2.05 bits per heavy atom. The number of ether oxygens (including phenoxy) is 3. The van der Waals surface area contributed by atoms with E-state index in [2.05, 4.69) is 66.5 Å². The molecule has 0 radical (unpaired) electrons. The number of nitrogens with one attached hydrogen (secondary N) is 1. The van der Waals surface area contributed by atoms with Crippen LogP contribution in [0.25, 0.3) is 5.52 Å².